The topological polar surface area (TPSA) is 93.4 Å². The van der Waals surface area contributed by atoms with Gasteiger partial charge in [0.15, 0.2) is 0 Å². The Morgan fingerprint density at radius 3 is 2.76 bits per heavy atom. The van der Waals surface area contributed by atoms with Crippen molar-refractivity contribution in [3.63, 3.8) is 0 Å². The van der Waals surface area contributed by atoms with Crippen LogP contribution in [-0.2, 0) is 30.8 Å². The van der Waals surface area contributed by atoms with Crippen molar-refractivity contribution >= 4 is 5.97 Å². The molecule has 8 heteroatoms. The molecule has 1 aromatic carbocycles. The summed E-state index contributed by atoms with van der Waals surface area (Å²) in [6.07, 6.45) is 5.10. The molecule has 3 heterocycles. The van der Waals surface area contributed by atoms with Crippen molar-refractivity contribution in [2.24, 2.45) is 5.41 Å². The lowest BCUT2D eigenvalue weighted by atomic mass is 9.72. The zero-order valence-corrected chi connectivity index (χ0v) is 22.9. The number of carboxylic acids is 1. The van der Waals surface area contributed by atoms with Crippen LogP contribution in [0.1, 0.15) is 75.0 Å². The highest BCUT2D eigenvalue weighted by Crippen LogP contribution is 2.40. The van der Waals surface area contributed by atoms with Crippen LogP contribution in [0.2, 0.25) is 0 Å². The number of nitrogens with zero attached hydrogens (tertiary/aromatic N) is 5. The summed E-state index contributed by atoms with van der Waals surface area (Å²) in [6, 6.07) is 10.3. The molecular formula is C29H39N5O3. The lowest BCUT2D eigenvalue weighted by Gasteiger charge is -2.32. The molecule has 37 heavy (non-hydrogen) atoms. The van der Waals surface area contributed by atoms with Crippen molar-refractivity contribution in [2.45, 2.75) is 85.5 Å². The first-order valence-corrected chi connectivity index (χ1v) is 13.1. The molecule has 0 radical (unpaired) electrons. The van der Waals surface area contributed by atoms with Crippen LogP contribution in [0.15, 0.2) is 42.7 Å². The molecular weight excluding hydrogens is 466 g/mol. The average Bonchev–Trinajstić information content (AvgIpc) is 3.24. The fourth-order valence-electron chi connectivity index (χ4n) is 5.20. The summed E-state index contributed by atoms with van der Waals surface area (Å²) in [5, 5.41) is 18.5. The number of aryl methyl sites for hydroxylation is 3. The number of fused-ring (bicyclic) bond motifs is 1. The summed E-state index contributed by atoms with van der Waals surface area (Å²) in [5.74, 6) is -0.142. The normalized spacial score (nSPS) is 16.5. The molecule has 1 unspecified atom stereocenters. The van der Waals surface area contributed by atoms with Crippen LogP contribution in [0, 0.1) is 12.3 Å². The minimum Gasteiger partial charge on any atom is -0.485 e. The van der Waals surface area contributed by atoms with Crippen LogP contribution < -0.4 is 4.74 Å². The highest BCUT2D eigenvalue weighted by Gasteiger charge is 2.38. The molecule has 0 amide bonds. The maximum absolute atomic E-state index is 12.3. The zero-order chi connectivity index (χ0) is 26.8. The molecule has 3 aromatic rings. The minimum absolute atomic E-state index is 0.178. The zero-order valence-electron chi connectivity index (χ0n) is 22.9. The van der Waals surface area contributed by atoms with E-state index in [4.69, 9.17) is 4.74 Å². The van der Waals surface area contributed by atoms with Gasteiger partial charge in [-0.3, -0.25) is 19.4 Å². The van der Waals surface area contributed by atoms with E-state index >= 15 is 0 Å². The summed E-state index contributed by atoms with van der Waals surface area (Å²) in [5.41, 5.74) is 3.95. The van der Waals surface area contributed by atoms with E-state index in [1.165, 1.54) is 11.1 Å². The fraction of sp³-hybridized carbons (Fsp3) is 0.517. The molecule has 0 saturated carbocycles. The molecule has 0 saturated heterocycles. The third-order valence-electron chi connectivity index (χ3n) is 7.40. The highest BCUT2D eigenvalue weighted by atomic mass is 16.5. The Labute approximate surface area is 219 Å². The standard InChI is InChI=1S/C29H39N5O3/c1-7-34-17-23(31-32-34)12-13-24(29(5,6)27(35)36)21-11-10-20(2)22(15-21)16-33-18-25-26(9-8-14-30-25)37-28(3,4)19-33/h8-11,14-15,17,24H,7,12-13,16,18-19H2,1-6H3,(H,35,36). The van der Waals surface area contributed by atoms with Gasteiger partial charge in [0.2, 0.25) is 0 Å². The van der Waals surface area contributed by atoms with Crippen molar-refractivity contribution < 1.29 is 14.6 Å². The van der Waals surface area contributed by atoms with E-state index < -0.39 is 11.4 Å². The molecule has 4 rings (SSSR count). The van der Waals surface area contributed by atoms with Crippen molar-refractivity contribution in [1.82, 2.24) is 24.9 Å². The van der Waals surface area contributed by atoms with E-state index in [1.807, 2.05) is 45.3 Å². The SMILES string of the molecule is CCn1cc(CCC(c2ccc(C)c(CN3Cc4ncccc4OC(C)(C)C3)c2)C(C)(C)C(=O)O)nn1. The van der Waals surface area contributed by atoms with Crippen LogP contribution in [0.25, 0.3) is 0 Å². The molecule has 0 bridgehead atoms. The van der Waals surface area contributed by atoms with Gasteiger partial charge in [0, 0.05) is 38.6 Å². The molecule has 0 spiro atoms. The maximum Gasteiger partial charge on any atom is 0.309 e. The van der Waals surface area contributed by atoms with Crippen molar-refractivity contribution in [3.05, 3.63) is 70.8 Å². The Hall–Kier alpha value is -3.26. The molecule has 198 valence electrons. The Kier molecular flexibility index (Phi) is 7.69. The Balaban J connectivity index is 1.61. The molecule has 1 aliphatic rings. The largest absolute Gasteiger partial charge is 0.485 e. The van der Waals surface area contributed by atoms with Gasteiger partial charge in [-0.25, -0.2) is 0 Å². The predicted octanol–water partition coefficient (Wildman–Crippen LogP) is 5.00. The van der Waals surface area contributed by atoms with E-state index in [1.54, 1.807) is 4.68 Å². The van der Waals surface area contributed by atoms with Gasteiger partial charge in [0.05, 0.1) is 16.8 Å². The Morgan fingerprint density at radius 2 is 2.05 bits per heavy atom. The molecule has 0 aliphatic carbocycles. The van der Waals surface area contributed by atoms with Crippen LogP contribution >= 0.6 is 0 Å². The molecule has 1 atom stereocenters. The molecule has 8 nitrogen and oxygen atoms in total. The van der Waals surface area contributed by atoms with Gasteiger partial charge >= 0.3 is 5.97 Å². The first-order valence-electron chi connectivity index (χ1n) is 13.1. The van der Waals surface area contributed by atoms with E-state index in [-0.39, 0.29) is 11.5 Å². The second-order valence-corrected chi connectivity index (χ2v) is 11.3. The van der Waals surface area contributed by atoms with Crippen molar-refractivity contribution in [2.75, 3.05) is 6.54 Å². The number of pyridine rings is 1. The molecule has 1 aliphatic heterocycles. The summed E-state index contributed by atoms with van der Waals surface area (Å²) >= 11 is 0. The van der Waals surface area contributed by atoms with Crippen molar-refractivity contribution in [3.8, 4) is 5.75 Å². The van der Waals surface area contributed by atoms with Crippen LogP contribution in [0.4, 0.5) is 0 Å². The number of carbonyl (C=O) groups is 1. The lowest BCUT2D eigenvalue weighted by molar-refractivity contribution is -0.148. The number of ether oxygens (including phenoxy) is 1. The Morgan fingerprint density at radius 1 is 1.27 bits per heavy atom. The summed E-state index contributed by atoms with van der Waals surface area (Å²) < 4.78 is 8.08. The average molecular weight is 506 g/mol. The number of carboxylic acid groups (broad SMARTS) is 1. The number of benzene rings is 1. The Bertz CT molecular complexity index is 1250. The van der Waals surface area contributed by atoms with Gasteiger partial charge in [-0.1, -0.05) is 23.4 Å². The van der Waals surface area contributed by atoms with Gasteiger partial charge in [0.1, 0.15) is 11.4 Å². The minimum atomic E-state index is -0.936. The van der Waals surface area contributed by atoms with E-state index in [2.05, 4.69) is 59.2 Å². The summed E-state index contributed by atoms with van der Waals surface area (Å²) in [4.78, 5) is 19.3. The fourth-order valence-corrected chi connectivity index (χ4v) is 5.20. The van der Waals surface area contributed by atoms with Crippen LogP contribution in [0.3, 0.4) is 0 Å². The predicted molar refractivity (Wildman–Crippen MR) is 142 cm³/mol. The molecule has 0 fully saturated rings. The van der Waals surface area contributed by atoms with Gasteiger partial charge in [0.25, 0.3) is 0 Å². The van der Waals surface area contributed by atoms with E-state index in [0.29, 0.717) is 19.4 Å². The quantitative estimate of drug-likeness (QED) is 0.437. The number of aromatic nitrogens is 4. The van der Waals surface area contributed by atoms with Gasteiger partial charge in [-0.15, -0.1) is 5.10 Å². The highest BCUT2D eigenvalue weighted by molar-refractivity contribution is 5.75. The van der Waals surface area contributed by atoms with Crippen LogP contribution in [0.5, 0.6) is 5.75 Å². The molecule has 1 N–H and O–H groups in total. The van der Waals surface area contributed by atoms with Gasteiger partial charge < -0.3 is 9.84 Å². The van der Waals surface area contributed by atoms with E-state index in [9.17, 15) is 9.90 Å². The second-order valence-electron chi connectivity index (χ2n) is 11.3. The first-order chi connectivity index (χ1) is 17.5. The first kappa shape index (κ1) is 26.8. The monoisotopic (exact) mass is 505 g/mol. The number of hydrogen-bond donors (Lipinski definition) is 1. The van der Waals surface area contributed by atoms with Gasteiger partial charge in [-0.2, -0.15) is 0 Å². The maximum atomic E-state index is 12.3. The van der Waals surface area contributed by atoms with Crippen molar-refractivity contribution in [1.29, 1.82) is 0 Å². The number of aliphatic carboxylic acids is 1. The lowest BCUT2D eigenvalue weighted by Crippen LogP contribution is -2.40. The smallest absolute Gasteiger partial charge is 0.309 e. The molecule has 2 aromatic heterocycles. The summed E-state index contributed by atoms with van der Waals surface area (Å²) in [7, 11) is 0. The van der Waals surface area contributed by atoms with Crippen LogP contribution in [-0.4, -0.2) is 48.1 Å². The third kappa shape index (κ3) is 6.18. The number of rotatable bonds is 9. The number of hydrogen-bond acceptors (Lipinski definition) is 6. The van der Waals surface area contributed by atoms with E-state index in [0.717, 1.165) is 42.3 Å². The van der Waals surface area contributed by atoms with Gasteiger partial charge in [-0.05, 0) is 89.1 Å². The third-order valence-corrected chi connectivity index (χ3v) is 7.40. The second kappa shape index (κ2) is 10.6. The summed E-state index contributed by atoms with van der Waals surface area (Å²) in [6.45, 7) is 14.9.